The van der Waals surface area contributed by atoms with Crippen molar-refractivity contribution in [2.45, 2.75) is 113 Å². The van der Waals surface area contributed by atoms with E-state index in [0.717, 1.165) is 67.6 Å². The predicted molar refractivity (Wildman–Crippen MR) is 227 cm³/mol. The topological polar surface area (TPSA) is 122 Å². The van der Waals surface area contributed by atoms with Crippen LogP contribution in [0, 0.1) is 18.8 Å². The molecule has 0 radical (unpaired) electrons. The Bertz CT molecular complexity index is 2270. The Labute approximate surface area is 353 Å². The summed E-state index contributed by atoms with van der Waals surface area (Å²) in [6.45, 7) is 7.25. The molecule has 314 valence electrons. The quantitative estimate of drug-likeness (QED) is 0.109. The van der Waals surface area contributed by atoms with Gasteiger partial charge in [0, 0.05) is 34.6 Å². The largest absolute Gasteiger partial charge is 0.493 e. The predicted octanol–water partition coefficient (Wildman–Crippen LogP) is 9.53. The van der Waals surface area contributed by atoms with E-state index in [9.17, 15) is 13.2 Å². The average Bonchev–Trinajstić information content (AvgIpc) is 3.34. The van der Waals surface area contributed by atoms with Crippen molar-refractivity contribution < 1.29 is 36.3 Å². The van der Waals surface area contributed by atoms with Crippen LogP contribution >= 0.6 is 11.6 Å². The number of carbonyl (C=O) groups excluding carboxylic acids is 1. The van der Waals surface area contributed by atoms with E-state index >= 15 is 0 Å². The number of aromatic nitrogens is 1. The molecular weight excluding hydrogens is 788 g/mol. The number of fused-ring (bicyclic) bond motifs is 4. The van der Waals surface area contributed by atoms with Gasteiger partial charge >= 0.3 is 5.97 Å². The molecule has 4 aliphatic rings. The van der Waals surface area contributed by atoms with Crippen molar-refractivity contribution in [2.24, 2.45) is 11.8 Å². The van der Waals surface area contributed by atoms with Crippen LogP contribution in [0.1, 0.15) is 99.1 Å². The number of anilines is 1. The number of esters is 1. The molecule has 1 saturated carbocycles. The summed E-state index contributed by atoms with van der Waals surface area (Å²) in [7, 11) is -2.51. The summed E-state index contributed by atoms with van der Waals surface area (Å²) >= 11 is 6.37. The monoisotopic (exact) mass is 842 g/mol. The third-order valence-corrected chi connectivity index (χ3v) is 14.8. The van der Waals surface area contributed by atoms with Crippen LogP contribution in [0.4, 0.5) is 5.69 Å². The minimum Gasteiger partial charge on any atom is -0.493 e. The third-order valence-electron chi connectivity index (χ3n) is 13.2. The Balaban J connectivity index is 1.05. The Morgan fingerprint density at radius 1 is 1.03 bits per heavy atom. The SMILES string of the molecule is COC(=O)C1(Nc2cccc(Cl)c2)CCC2(CC1)c1cc3c(cc1C[C@@H]2C[C@@H](C)COc1ccnc2c1[C@H](C)CCC2)O[C@H](COS(=O)(=O)c1ccc(C)cc1)CCO3. The van der Waals surface area contributed by atoms with Crippen molar-refractivity contribution in [3.63, 3.8) is 0 Å². The highest BCUT2D eigenvalue weighted by Gasteiger charge is 2.55. The second-order valence-electron chi connectivity index (χ2n) is 17.3. The van der Waals surface area contributed by atoms with E-state index < -0.39 is 21.8 Å². The van der Waals surface area contributed by atoms with Crippen molar-refractivity contribution in [2.75, 3.05) is 32.2 Å². The molecule has 3 aliphatic carbocycles. The molecule has 3 aromatic carbocycles. The van der Waals surface area contributed by atoms with Crippen molar-refractivity contribution in [1.82, 2.24) is 4.98 Å². The van der Waals surface area contributed by atoms with Crippen molar-refractivity contribution in [3.8, 4) is 17.2 Å². The summed E-state index contributed by atoms with van der Waals surface area (Å²) in [6.07, 6.45) is 9.49. The number of pyridine rings is 1. The fourth-order valence-electron chi connectivity index (χ4n) is 10.1. The number of benzene rings is 3. The summed E-state index contributed by atoms with van der Waals surface area (Å²) in [4.78, 5) is 18.5. The lowest BCUT2D eigenvalue weighted by molar-refractivity contribution is -0.148. The maximum absolute atomic E-state index is 13.7. The van der Waals surface area contributed by atoms with Gasteiger partial charge in [-0.05, 0) is 148 Å². The number of rotatable bonds is 12. The lowest BCUT2D eigenvalue weighted by Gasteiger charge is -2.47. The number of aryl methyl sites for hydroxylation is 2. The van der Waals surface area contributed by atoms with Gasteiger partial charge in [0.2, 0.25) is 0 Å². The second kappa shape index (κ2) is 17.0. The van der Waals surface area contributed by atoms with Gasteiger partial charge in [0.25, 0.3) is 10.1 Å². The van der Waals surface area contributed by atoms with Crippen molar-refractivity contribution in [1.29, 1.82) is 0 Å². The molecule has 4 atom stereocenters. The second-order valence-corrected chi connectivity index (χ2v) is 19.3. The van der Waals surface area contributed by atoms with Gasteiger partial charge in [0.15, 0.2) is 11.5 Å². The van der Waals surface area contributed by atoms with E-state index in [2.05, 4.69) is 36.3 Å². The number of hydrogen-bond donors (Lipinski definition) is 1. The molecule has 1 N–H and O–H groups in total. The number of nitrogens with one attached hydrogen (secondary N) is 1. The molecule has 0 bridgehead atoms. The number of halogens is 1. The van der Waals surface area contributed by atoms with E-state index in [1.54, 1.807) is 24.3 Å². The molecule has 59 heavy (non-hydrogen) atoms. The zero-order chi connectivity index (χ0) is 41.4. The first kappa shape index (κ1) is 41.4. The average molecular weight is 843 g/mol. The van der Waals surface area contributed by atoms with E-state index in [1.165, 1.54) is 23.8 Å². The van der Waals surface area contributed by atoms with Crippen LogP contribution in [0.3, 0.4) is 0 Å². The van der Waals surface area contributed by atoms with Crippen LogP contribution in [0.2, 0.25) is 5.02 Å². The standard InChI is InChI=1S/C47H55ClN2O8S/c1-30-11-13-38(14-12-30)59(52,53)57-29-37-16-22-55-42-27-39-33(25-43(42)58-37)24-34(23-31(2)28-56-41-15-21-49-40-10-5-7-32(3)44(40)41)46(39)17-19-47(20-18-46,45(51)54-4)50-36-9-6-8-35(48)26-36/h6,8-9,11-15,21,25-27,31-32,34,37,50H,5,7,10,16-20,22-24,28-29H2,1-4H3/t31-,32-,34+,37+,46?,47?/m1/s1. The molecule has 1 spiro atoms. The molecule has 0 unspecified atom stereocenters. The molecule has 10 nitrogen and oxygen atoms in total. The first-order valence-electron chi connectivity index (χ1n) is 21.0. The highest BCUT2D eigenvalue weighted by molar-refractivity contribution is 7.86. The maximum Gasteiger partial charge on any atom is 0.331 e. The highest BCUT2D eigenvalue weighted by Crippen LogP contribution is 2.58. The van der Waals surface area contributed by atoms with Crippen molar-refractivity contribution >= 4 is 33.4 Å². The lowest BCUT2D eigenvalue weighted by atomic mass is 9.59. The number of hydrogen-bond acceptors (Lipinski definition) is 10. The van der Waals surface area contributed by atoms with Crippen LogP contribution in [0.5, 0.6) is 17.2 Å². The zero-order valence-corrected chi connectivity index (χ0v) is 36.0. The minimum absolute atomic E-state index is 0.114. The Kier molecular flexibility index (Phi) is 11.9. The van der Waals surface area contributed by atoms with Gasteiger partial charge in [-0.15, -0.1) is 0 Å². The van der Waals surface area contributed by atoms with Gasteiger partial charge in [-0.25, -0.2) is 4.79 Å². The summed E-state index contributed by atoms with van der Waals surface area (Å²) in [5.74, 6) is 2.83. The van der Waals surface area contributed by atoms with E-state index in [1.807, 2.05) is 43.5 Å². The molecule has 0 amide bonds. The minimum atomic E-state index is -3.96. The van der Waals surface area contributed by atoms with Crippen LogP contribution in [-0.4, -0.2) is 57.9 Å². The van der Waals surface area contributed by atoms with E-state index in [0.29, 0.717) is 54.9 Å². The van der Waals surface area contributed by atoms with Crippen molar-refractivity contribution in [3.05, 3.63) is 106 Å². The lowest BCUT2D eigenvalue weighted by Crippen LogP contribution is -2.53. The molecule has 1 fully saturated rings. The number of ether oxygens (including phenoxy) is 4. The molecule has 12 heteroatoms. The highest BCUT2D eigenvalue weighted by atomic mass is 35.5. The first-order valence-corrected chi connectivity index (χ1v) is 22.8. The molecule has 4 aromatic rings. The molecule has 1 aromatic heterocycles. The van der Waals surface area contributed by atoms with Crippen LogP contribution in [-0.2, 0) is 42.1 Å². The molecule has 8 rings (SSSR count). The molecule has 1 aliphatic heterocycles. The maximum atomic E-state index is 13.7. The summed E-state index contributed by atoms with van der Waals surface area (Å²) in [6, 6.07) is 20.3. The van der Waals surface area contributed by atoms with Gasteiger partial charge in [-0.2, -0.15) is 8.42 Å². The van der Waals surface area contributed by atoms with Gasteiger partial charge in [-0.3, -0.25) is 9.17 Å². The fraction of sp³-hybridized carbons (Fsp3) is 0.489. The Morgan fingerprint density at radius 2 is 1.83 bits per heavy atom. The Morgan fingerprint density at radius 3 is 2.59 bits per heavy atom. The molecule has 2 heterocycles. The normalized spacial score (nSPS) is 25.3. The van der Waals surface area contributed by atoms with Crippen LogP contribution in [0.25, 0.3) is 0 Å². The summed E-state index contributed by atoms with van der Waals surface area (Å²) in [5, 5.41) is 4.15. The number of carbonyl (C=O) groups is 1. The Hall–Kier alpha value is -4.32. The fourth-order valence-corrected chi connectivity index (χ4v) is 11.2. The van der Waals surface area contributed by atoms with E-state index in [-0.39, 0.29) is 34.7 Å². The van der Waals surface area contributed by atoms with Crippen LogP contribution in [0.15, 0.2) is 77.8 Å². The van der Waals surface area contributed by atoms with Crippen LogP contribution < -0.4 is 19.5 Å². The summed E-state index contributed by atoms with van der Waals surface area (Å²) < 4.78 is 56.5. The van der Waals surface area contributed by atoms with Gasteiger partial charge < -0.3 is 24.3 Å². The first-order chi connectivity index (χ1) is 28.4. The third kappa shape index (κ3) is 8.53. The number of methoxy groups -OCH3 is 1. The smallest absolute Gasteiger partial charge is 0.331 e. The van der Waals surface area contributed by atoms with Gasteiger partial charge in [-0.1, -0.05) is 49.2 Å². The zero-order valence-electron chi connectivity index (χ0n) is 34.4. The number of nitrogens with zero attached hydrogens (tertiary/aromatic N) is 1. The van der Waals surface area contributed by atoms with Gasteiger partial charge in [0.05, 0.1) is 25.2 Å². The van der Waals surface area contributed by atoms with Gasteiger partial charge in [0.1, 0.15) is 24.0 Å². The van der Waals surface area contributed by atoms with E-state index in [4.69, 9.17) is 34.7 Å². The molecule has 0 saturated heterocycles. The molecular formula is C47H55ClN2O8S. The summed E-state index contributed by atoms with van der Waals surface area (Å²) in [5.41, 5.74) is 5.42.